The average molecular weight is 262 g/mol. The normalized spacial score (nSPS) is 19.8. The van der Waals surface area contributed by atoms with Crippen LogP contribution < -0.4 is 5.32 Å². The van der Waals surface area contributed by atoms with Gasteiger partial charge in [0.25, 0.3) is 0 Å². The molecule has 3 nitrogen and oxygen atoms in total. The van der Waals surface area contributed by atoms with E-state index in [2.05, 4.69) is 17.3 Å². The third-order valence-corrected chi connectivity index (χ3v) is 4.30. The lowest BCUT2D eigenvalue weighted by Gasteiger charge is -2.26. The summed E-state index contributed by atoms with van der Waals surface area (Å²) in [6.45, 7) is 4.53. The van der Waals surface area contributed by atoms with Crippen LogP contribution in [0.4, 0.5) is 0 Å². The lowest BCUT2D eigenvalue weighted by atomic mass is 10.2. The Hall–Kier alpha value is 0. The fraction of sp³-hybridized carbons (Fsp3) is 0.909. The second kappa shape index (κ2) is 8.14. The van der Waals surface area contributed by atoms with Gasteiger partial charge < -0.3 is 15.0 Å². The third-order valence-electron chi connectivity index (χ3n) is 2.72. The van der Waals surface area contributed by atoms with Gasteiger partial charge in [-0.25, -0.2) is 0 Å². The third kappa shape index (κ3) is 4.89. The van der Waals surface area contributed by atoms with Gasteiger partial charge in [-0.05, 0) is 37.7 Å². The summed E-state index contributed by atoms with van der Waals surface area (Å²) in [6.07, 6.45) is 2.27. The minimum atomic E-state index is 0.622. The highest BCUT2D eigenvalue weighted by molar-refractivity contribution is 7.99. The largest absolute Gasteiger partial charge is 0.382 e. The van der Waals surface area contributed by atoms with Gasteiger partial charge in [-0.1, -0.05) is 0 Å². The van der Waals surface area contributed by atoms with E-state index < -0.39 is 0 Å². The van der Waals surface area contributed by atoms with E-state index >= 15 is 0 Å². The van der Waals surface area contributed by atoms with Crippen LogP contribution in [0.25, 0.3) is 0 Å². The Morgan fingerprint density at radius 1 is 1.62 bits per heavy atom. The molecule has 0 bridgehead atoms. The molecule has 5 heteroatoms. The molecule has 1 rings (SSSR count). The molecule has 0 radical (unpaired) electrons. The highest BCUT2D eigenvalue weighted by Crippen LogP contribution is 2.21. The molecule has 1 aliphatic rings. The van der Waals surface area contributed by atoms with Crippen molar-refractivity contribution in [2.45, 2.75) is 25.8 Å². The summed E-state index contributed by atoms with van der Waals surface area (Å²) < 4.78 is 5.28. The minimum absolute atomic E-state index is 0.622. The van der Waals surface area contributed by atoms with Gasteiger partial charge in [0.05, 0.1) is 0 Å². The SMILES string of the molecule is CCOCCCNC(=S)N(C)C1CCSC1. The molecule has 0 amide bonds. The van der Waals surface area contributed by atoms with Crippen molar-refractivity contribution < 1.29 is 4.74 Å². The van der Waals surface area contributed by atoms with Gasteiger partial charge in [0.2, 0.25) is 0 Å². The van der Waals surface area contributed by atoms with Gasteiger partial charge in [0.15, 0.2) is 5.11 Å². The molecule has 0 aromatic carbocycles. The maximum Gasteiger partial charge on any atom is 0.168 e. The van der Waals surface area contributed by atoms with Crippen molar-refractivity contribution in [1.82, 2.24) is 10.2 Å². The average Bonchev–Trinajstić information content (AvgIpc) is 2.81. The van der Waals surface area contributed by atoms with Gasteiger partial charge in [-0.3, -0.25) is 0 Å². The molecular weight excluding hydrogens is 240 g/mol. The number of hydrogen-bond acceptors (Lipinski definition) is 3. The van der Waals surface area contributed by atoms with Crippen LogP contribution in [0.3, 0.4) is 0 Å². The van der Waals surface area contributed by atoms with Crippen molar-refractivity contribution >= 4 is 29.1 Å². The van der Waals surface area contributed by atoms with E-state index in [1.807, 2.05) is 18.7 Å². The summed E-state index contributed by atoms with van der Waals surface area (Å²) in [5.74, 6) is 2.47. The number of ether oxygens (including phenoxy) is 1. The van der Waals surface area contributed by atoms with Gasteiger partial charge in [0.1, 0.15) is 0 Å². The second-order valence-corrected chi connectivity index (χ2v) is 5.45. The first kappa shape index (κ1) is 14.1. The van der Waals surface area contributed by atoms with Crippen LogP contribution in [0.2, 0.25) is 0 Å². The molecule has 94 valence electrons. The number of nitrogens with one attached hydrogen (secondary N) is 1. The van der Waals surface area contributed by atoms with Crippen LogP contribution in [-0.2, 0) is 4.74 Å². The molecule has 0 spiro atoms. The summed E-state index contributed by atoms with van der Waals surface area (Å²) in [5, 5.41) is 4.17. The lowest BCUT2D eigenvalue weighted by Crippen LogP contribution is -2.43. The Bertz CT molecular complexity index is 208. The Kier molecular flexibility index (Phi) is 7.16. The molecule has 0 aromatic rings. The van der Waals surface area contributed by atoms with Gasteiger partial charge in [0, 0.05) is 38.6 Å². The predicted molar refractivity (Wildman–Crippen MR) is 75.2 cm³/mol. The summed E-state index contributed by atoms with van der Waals surface area (Å²) in [5.41, 5.74) is 0. The Morgan fingerprint density at radius 2 is 2.44 bits per heavy atom. The Balaban J connectivity index is 2.09. The first-order valence-corrected chi connectivity index (χ1v) is 7.48. The van der Waals surface area contributed by atoms with Crippen LogP contribution in [0.15, 0.2) is 0 Å². The molecule has 1 fully saturated rings. The molecule has 1 atom stereocenters. The molecule has 0 aromatic heterocycles. The monoisotopic (exact) mass is 262 g/mol. The van der Waals surface area contributed by atoms with Crippen LogP contribution >= 0.6 is 24.0 Å². The Labute approximate surface area is 108 Å². The molecule has 1 heterocycles. The van der Waals surface area contributed by atoms with Crippen molar-refractivity contribution in [2.75, 3.05) is 38.3 Å². The number of thioether (sulfide) groups is 1. The fourth-order valence-corrected chi connectivity index (χ4v) is 3.15. The van der Waals surface area contributed by atoms with Crippen molar-refractivity contribution in [2.24, 2.45) is 0 Å². The van der Waals surface area contributed by atoms with E-state index in [0.717, 1.165) is 31.3 Å². The molecule has 1 aliphatic heterocycles. The van der Waals surface area contributed by atoms with Crippen LogP contribution in [0.5, 0.6) is 0 Å². The maximum atomic E-state index is 5.36. The first-order chi connectivity index (χ1) is 7.75. The van der Waals surface area contributed by atoms with Crippen molar-refractivity contribution in [1.29, 1.82) is 0 Å². The summed E-state index contributed by atoms with van der Waals surface area (Å²) in [7, 11) is 2.09. The molecule has 1 unspecified atom stereocenters. The van der Waals surface area contributed by atoms with E-state index in [4.69, 9.17) is 17.0 Å². The lowest BCUT2D eigenvalue weighted by molar-refractivity contribution is 0.145. The van der Waals surface area contributed by atoms with Gasteiger partial charge >= 0.3 is 0 Å². The van der Waals surface area contributed by atoms with E-state index in [-0.39, 0.29) is 0 Å². The molecule has 0 aliphatic carbocycles. The number of thiocarbonyl (C=S) groups is 1. The molecule has 16 heavy (non-hydrogen) atoms. The van der Waals surface area contributed by atoms with E-state index in [1.165, 1.54) is 17.9 Å². The van der Waals surface area contributed by atoms with E-state index in [0.29, 0.717) is 6.04 Å². The fourth-order valence-electron chi connectivity index (χ4n) is 1.63. The van der Waals surface area contributed by atoms with Crippen molar-refractivity contribution in [3.05, 3.63) is 0 Å². The highest BCUT2D eigenvalue weighted by atomic mass is 32.2. The van der Waals surface area contributed by atoms with Gasteiger partial charge in [-0.15, -0.1) is 0 Å². The van der Waals surface area contributed by atoms with Crippen LogP contribution in [-0.4, -0.2) is 54.4 Å². The zero-order valence-electron chi connectivity index (χ0n) is 10.2. The quantitative estimate of drug-likeness (QED) is 0.580. The zero-order chi connectivity index (χ0) is 11.8. The number of hydrogen-bond donors (Lipinski definition) is 1. The van der Waals surface area contributed by atoms with Crippen LogP contribution in [0, 0.1) is 0 Å². The molecule has 0 saturated carbocycles. The van der Waals surface area contributed by atoms with Crippen molar-refractivity contribution in [3.8, 4) is 0 Å². The molecule has 1 N–H and O–H groups in total. The first-order valence-electron chi connectivity index (χ1n) is 5.92. The minimum Gasteiger partial charge on any atom is -0.382 e. The van der Waals surface area contributed by atoms with Crippen molar-refractivity contribution in [3.63, 3.8) is 0 Å². The Morgan fingerprint density at radius 3 is 3.06 bits per heavy atom. The summed E-state index contributed by atoms with van der Waals surface area (Å²) >= 11 is 7.37. The highest BCUT2D eigenvalue weighted by Gasteiger charge is 2.21. The summed E-state index contributed by atoms with van der Waals surface area (Å²) in [6, 6.07) is 0.622. The van der Waals surface area contributed by atoms with Crippen LogP contribution in [0.1, 0.15) is 19.8 Å². The molecular formula is C11H22N2OS2. The maximum absolute atomic E-state index is 5.36. The predicted octanol–water partition coefficient (Wildman–Crippen LogP) is 1.72. The number of rotatable bonds is 6. The summed E-state index contributed by atoms with van der Waals surface area (Å²) in [4.78, 5) is 2.20. The smallest absolute Gasteiger partial charge is 0.168 e. The molecule has 1 saturated heterocycles. The topological polar surface area (TPSA) is 24.5 Å². The number of nitrogens with zero attached hydrogens (tertiary/aromatic N) is 1. The van der Waals surface area contributed by atoms with E-state index in [1.54, 1.807) is 0 Å². The van der Waals surface area contributed by atoms with Gasteiger partial charge in [-0.2, -0.15) is 11.8 Å². The van der Waals surface area contributed by atoms with E-state index in [9.17, 15) is 0 Å². The zero-order valence-corrected chi connectivity index (χ0v) is 11.8. The standard InChI is InChI=1S/C11H22N2OS2/c1-3-14-7-4-6-12-11(15)13(2)10-5-8-16-9-10/h10H,3-9H2,1-2H3,(H,12,15). The second-order valence-electron chi connectivity index (χ2n) is 3.91.